The van der Waals surface area contributed by atoms with Crippen molar-refractivity contribution in [1.82, 2.24) is 10.6 Å². The van der Waals surface area contributed by atoms with Crippen LogP contribution >= 0.6 is 27.5 Å². The lowest BCUT2D eigenvalue weighted by Gasteiger charge is -2.24. The van der Waals surface area contributed by atoms with Crippen LogP contribution in [-0.4, -0.2) is 18.1 Å². The Balaban J connectivity index is 2.42. The van der Waals surface area contributed by atoms with E-state index in [2.05, 4.69) is 60.3 Å². The van der Waals surface area contributed by atoms with E-state index in [0.717, 1.165) is 28.1 Å². The largest absolute Gasteiger partial charge is 0.311 e. The highest BCUT2D eigenvalue weighted by molar-refractivity contribution is 9.10. The lowest BCUT2D eigenvalue weighted by Crippen LogP contribution is -2.44. The Bertz CT molecular complexity index is 388. The van der Waals surface area contributed by atoms with Crippen LogP contribution in [0.5, 0.6) is 0 Å². The summed E-state index contributed by atoms with van der Waals surface area (Å²) in [6.07, 6.45) is 0. The van der Waals surface area contributed by atoms with Gasteiger partial charge in [0.1, 0.15) is 0 Å². The topological polar surface area (TPSA) is 24.1 Å². The minimum absolute atomic E-state index is 0.156. The van der Waals surface area contributed by atoms with E-state index in [4.69, 9.17) is 11.6 Å². The lowest BCUT2D eigenvalue weighted by atomic mass is 10.1. The van der Waals surface area contributed by atoms with E-state index in [-0.39, 0.29) is 5.54 Å². The van der Waals surface area contributed by atoms with Crippen molar-refractivity contribution in [2.24, 2.45) is 0 Å². The Labute approximate surface area is 124 Å². The van der Waals surface area contributed by atoms with Gasteiger partial charge in [-0.2, -0.15) is 0 Å². The quantitative estimate of drug-likeness (QED) is 0.852. The molecule has 0 saturated carbocycles. The molecule has 0 aliphatic heterocycles. The number of hydrogen-bond donors (Lipinski definition) is 2. The third-order valence-corrected chi connectivity index (χ3v) is 3.45. The molecule has 0 spiro atoms. The van der Waals surface area contributed by atoms with Gasteiger partial charge in [-0.1, -0.05) is 27.5 Å². The van der Waals surface area contributed by atoms with E-state index >= 15 is 0 Å². The maximum Gasteiger partial charge on any atom is 0.0451 e. The summed E-state index contributed by atoms with van der Waals surface area (Å²) in [5, 5.41) is 7.76. The summed E-state index contributed by atoms with van der Waals surface area (Å²) in [7, 11) is 0. The number of halogens is 2. The zero-order chi connectivity index (χ0) is 13.8. The highest BCUT2D eigenvalue weighted by Crippen LogP contribution is 2.20. The summed E-state index contributed by atoms with van der Waals surface area (Å²) in [5.41, 5.74) is 1.28. The third-order valence-electron chi connectivity index (χ3n) is 2.59. The van der Waals surface area contributed by atoms with E-state index in [1.54, 1.807) is 0 Å². The van der Waals surface area contributed by atoms with Gasteiger partial charge in [-0.15, -0.1) is 0 Å². The summed E-state index contributed by atoms with van der Waals surface area (Å²) in [4.78, 5) is 0. The average molecular weight is 334 g/mol. The monoisotopic (exact) mass is 332 g/mol. The van der Waals surface area contributed by atoms with E-state index < -0.39 is 0 Å². The molecule has 1 aromatic rings. The van der Waals surface area contributed by atoms with Crippen LogP contribution < -0.4 is 10.6 Å². The molecule has 0 heterocycles. The van der Waals surface area contributed by atoms with Crippen LogP contribution in [0.2, 0.25) is 5.02 Å². The van der Waals surface area contributed by atoms with Crippen LogP contribution in [-0.2, 0) is 6.54 Å². The molecule has 0 bridgehead atoms. The van der Waals surface area contributed by atoms with Gasteiger partial charge in [0.2, 0.25) is 0 Å². The van der Waals surface area contributed by atoms with Crippen molar-refractivity contribution < 1.29 is 0 Å². The standard InChI is InChI=1S/C14H22BrClN2/c1-10(8-18-14(2,3)4)17-9-11-7-12(15)5-6-13(11)16/h5-7,10,17-18H,8-9H2,1-4H3. The van der Waals surface area contributed by atoms with Crippen LogP contribution in [0.25, 0.3) is 0 Å². The van der Waals surface area contributed by atoms with Gasteiger partial charge in [0.25, 0.3) is 0 Å². The second kappa shape index (κ2) is 6.90. The van der Waals surface area contributed by atoms with Gasteiger partial charge in [0.15, 0.2) is 0 Å². The molecular weight excluding hydrogens is 312 g/mol. The van der Waals surface area contributed by atoms with E-state index in [1.165, 1.54) is 0 Å². The predicted molar refractivity (Wildman–Crippen MR) is 83.2 cm³/mol. The van der Waals surface area contributed by atoms with Crippen LogP contribution in [0.3, 0.4) is 0 Å². The van der Waals surface area contributed by atoms with Gasteiger partial charge in [-0.05, 0) is 51.5 Å². The zero-order valence-electron chi connectivity index (χ0n) is 11.5. The molecule has 1 aromatic carbocycles. The Morgan fingerprint density at radius 3 is 2.61 bits per heavy atom. The van der Waals surface area contributed by atoms with Gasteiger partial charge in [-0.3, -0.25) is 0 Å². The van der Waals surface area contributed by atoms with Crippen LogP contribution in [0.1, 0.15) is 33.3 Å². The molecule has 0 amide bonds. The molecule has 1 atom stereocenters. The van der Waals surface area contributed by atoms with Gasteiger partial charge >= 0.3 is 0 Å². The van der Waals surface area contributed by atoms with Crippen molar-refractivity contribution >= 4 is 27.5 Å². The molecule has 0 radical (unpaired) electrons. The average Bonchev–Trinajstić information content (AvgIpc) is 2.26. The van der Waals surface area contributed by atoms with Crippen LogP contribution in [0.15, 0.2) is 22.7 Å². The van der Waals surface area contributed by atoms with Crippen molar-refractivity contribution in [3.63, 3.8) is 0 Å². The Hall–Kier alpha value is -0.0900. The first-order valence-corrected chi connectivity index (χ1v) is 7.37. The number of hydrogen-bond acceptors (Lipinski definition) is 2. The maximum absolute atomic E-state index is 6.15. The van der Waals surface area contributed by atoms with E-state index in [0.29, 0.717) is 6.04 Å². The molecular formula is C14H22BrClN2. The maximum atomic E-state index is 6.15. The van der Waals surface area contributed by atoms with Crippen molar-refractivity contribution in [1.29, 1.82) is 0 Å². The van der Waals surface area contributed by atoms with Crippen molar-refractivity contribution in [3.8, 4) is 0 Å². The molecule has 2 N–H and O–H groups in total. The Kier molecular flexibility index (Phi) is 6.12. The Morgan fingerprint density at radius 1 is 1.33 bits per heavy atom. The van der Waals surface area contributed by atoms with Gasteiger partial charge in [0, 0.05) is 34.2 Å². The first-order chi connectivity index (χ1) is 8.28. The highest BCUT2D eigenvalue weighted by Gasteiger charge is 2.11. The summed E-state index contributed by atoms with van der Waals surface area (Å²) in [6, 6.07) is 6.33. The molecule has 0 aliphatic carbocycles. The minimum atomic E-state index is 0.156. The first kappa shape index (κ1) is 16.0. The van der Waals surface area contributed by atoms with E-state index in [9.17, 15) is 0 Å². The molecule has 102 valence electrons. The minimum Gasteiger partial charge on any atom is -0.311 e. The fourth-order valence-corrected chi connectivity index (χ4v) is 2.09. The van der Waals surface area contributed by atoms with Gasteiger partial charge in [-0.25, -0.2) is 0 Å². The number of benzene rings is 1. The summed E-state index contributed by atoms with van der Waals surface area (Å²) in [6.45, 7) is 10.4. The summed E-state index contributed by atoms with van der Waals surface area (Å²) in [5.74, 6) is 0. The molecule has 0 fully saturated rings. The Morgan fingerprint density at radius 2 is 2.00 bits per heavy atom. The second-order valence-corrected chi connectivity index (χ2v) is 6.97. The molecule has 18 heavy (non-hydrogen) atoms. The molecule has 2 nitrogen and oxygen atoms in total. The van der Waals surface area contributed by atoms with Crippen LogP contribution in [0.4, 0.5) is 0 Å². The fourth-order valence-electron chi connectivity index (χ4n) is 1.49. The molecule has 1 unspecified atom stereocenters. The fraction of sp³-hybridized carbons (Fsp3) is 0.571. The van der Waals surface area contributed by atoms with Crippen molar-refractivity contribution in [3.05, 3.63) is 33.3 Å². The van der Waals surface area contributed by atoms with Gasteiger partial charge < -0.3 is 10.6 Å². The zero-order valence-corrected chi connectivity index (χ0v) is 13.8. The SMILES string of the molecule is CC(CNC(C)(C)C)NCc1cc(Br)ccc1Cl. The van der Waals surface area contributed by atoms with E-state index in [1.807, 2.05) is 12.1 Å². The second-order valence-electron chi connectivity index (χ2n) is 5.65. The highest BCUT2D eigenvalue weighted by atomic mass is 79.9. The normalized spacial score (nSPS) is 13.7. The molecule has 1 rings (SSSR count). The molecule has 0 saturated heterocycles. The van der Waals surface area contributed by atoms with Crippen LogP contribution in [0, 0.1) is 0 Å². The molecule has 0 aromatic heterocycles. The number of rotatable bonds is 5. The molecule has 4 heteroatoms. The summed E-state index contributed by atoms with van der Waals surface area (Å²) >= 11 is 9.61. The first-order valence-electron chi connectivity index (χ1n) is 6.20. The predicted octanol–water partition coefficient (Wildman–Crippen LogP) is 3.97. The van der Waals surface area contributed by atoms with Gasteiger partial charge in [0.05, 0.1) is 0 Å². The summed E-state index contributed by atoms with van der Waals surface area (Å²) < 4.78 is 1.06. The lowest BCUT2D eigenvalue weighted by molar-refractivity contribution is 0.387. The molecule has 0 aliphatic rings. The van der Waals surface area contributed by atoms with Crippen molar-refractivity contribution in [2.45, 2.75) is 45.8 Å². The van der Waals surface area contributed by atoms with Crippen molar-refractivity contribution in [2.75, 3.05) is 6.54 Å². The smallest absolute Gasteiger partial charge is 0.0451 e. The third kappa shape index (κ3) is 6.19. The number of nitrogens with one attached hydrogen (secondary N) is 2.